The lowest BCUT2D eigenvalue weighted by Crippen LogP contribution is -2.39. The quantitative estimate of drug-likeness (QED) is 0.347. The van der Waals surface area contributed by atoms with Crippen molar-refractivity contribution < 1.29 is 4.74 Å². The smallest absolute Gasteiger partial charge is 0.0921 e. The van der Waals surface area contributed by atoms with Crippen LogP contribution in [0, 0.1) is 5.41 Å². The summed E-state index contributed by atoms with van der Waals surface area (Å²) in [5.41, 5.74) is 5.44. The summed E-state index contributed by atoms with van der Waals surface area (Å²) in [6.07, 6.45) is 1.69. The molecule has 0 saturated heterocycles. The Labute approximate surface area is 93.3 Å². The highest BCUT2D eigenvalue weighted by atomic mass is 16.5. The first-order valence-electron chi connectivity index (χ1n) is 5.80. The fraction of sp³-hybridized carbons (Fsp3) is 0.909. The standard InChI is InChI=1S/C11H25N3O/c1-4-10(9-11(12)13)14(5-2)7-8-15-6-3/h10H,4-9H2,1-3H3,(H3,12,13). The van der Waals surface area contributed by atoms with Crippen molar-refractivity contribution in [3.8, 4) is 0 Å². The molecule has 0 heterocycles. The summed E-state index contributed by atoms with van der Waals surface area (Å²) in [7, 11) is 0. The van der Waals surface area contributed by atoms with E-state index >= 15 is 0 Å². The van der Waals surface area contributed by atoms with E-state index in [9.17, 15) is 0 Å². The predicted molar refractivity (Wildman–Crippen MR) is 64.4 cm³/mol. The number of hydrogen-bond donors (Lipinski definition) is 2. The summed E-state index contributed by atoms with van der Waals surface area (Å²) in [4.78, 5) is 2.33. The van der Waals surface area contributed by atoms with E-state index in [1.165, 1.54) is 0 Å². The second-order valence-electron chi connectivity index (χ2n) is 3.62. The average molecular weight is 215 g/mol. The van der Waals surface area contributed by atoms with E-state index in [4.69, 9.17) is 15.9 Å². The zero-order valence-corrected chi connectivity index (χ0v) is 10.3. The summed E-state index contributed by atoms with van der Waals surface area (Å²) in [6, 6.07) is 0.382. The highest BCUT2D eigenvalue weighted by molar-refractivity contribution is 5.77. The Hall–Kier alpha value is -0.610. The molecule has 4 heteroatoms. The summed E-state index contributed by atoms with van der Waals surface area (Å²) >= 11 is 0. The predicted octanol–water partition coefficient (Wildman–Crippen LogP) is 1.45. The van der Waals surface area contributed by atoms with Gasteiger partial charge in [-0.25, -0.2) is 0 Å². The molecule has 90 valence electrons. The minimum absolute atomic E-state index is 0.275. The van der Waals surface area contributed by atoms with E-state index in [2.05, 4.69) is 18.7 Å². The highest BCUT2D eigenvalue weighted by Crippen LogP contribution is 2.07. The summed E-state index contributed by atoms with van der Waals surface area (Å²) in [6.45, 7) is 9.71. The fourth-order valence-electron chi connectivity index (χ4n) is 1.71. The Morgan fingerprint density at radius 2 is 2.07 bits per heavy atom. The van der Waals surface area contributed by atoms with Crippen molar-refractivity contribution >= 4 is 5.84 Å². The Kier molecular flexibility index (Phi) is 8.33. The van der Waals surface area contributed by atoms with Crippen molar-refractivity contribution in [3.63, 3.8) is 0 Å². The highest BCUT2D eigenvalue weighted by Gasteiger charge is 2.15. The number of amidine groups is 1. The Morgan fingerprint density at radius 1 is 1.40 bits per heavy atom. The van der Waals surface area contributed by atoms with Crippen LogP contribution < -0.4 is 5.73 Å². The van der Waals surface area contributed by atoms with Crippen LogP contribution in [0.15, 0.2) is 0 Å². The maximum atomic E-state index is 7.33. The molecule has 0 aromatic carbocycles. The molecule has 0 rings (SSSR count). The molecule has 3 N–H and O–H groups in total. The van der Waals surface area contributed by atoms with Crippen LogP contribution >= 0.6 is 0 Å². The van der Waals surface area contributed by atoms with Gasteiger partial charge in [0.1, 0.15) is 0 Å². The van der Waals surface area contributed by atoms with Crippen molar-refractivity contribution in [2.24, 2.45) is 5.73 Å². The third-order valence-electron chi connectivity index (χ3n) is 2.58. The van der Waals surface area contributed by atoms with Crippen molar-refractivity contribution in [3.05, 3.63) is 0 Å². The third kappa shape index (κ3) is 6.47. The van der Waals surface area contributed by atoms with Gasteiger partial charge in [-0.2, -0.15) is 0 Å². The summed E-state index contributed by atoms with van der Waals surface area (Å²) < 4.78 is 5.34. The molecule has 0 aliphatic rings. The zero-order chi connectivity index (χ0) is 11.7. The van der Waals surface area contributed by atoms with Gasteiger partial charge in [0.2, 0.25) is 0 Å². The van der Waals surface area contributed by atoms with Crippen molar-refractivity contribution in [2.45, 2.75) is 39.7 Å². The molecule has 0 aliphatic carbocycles. The lowest BCUT2D eigenvalue weighted by atomic mass is 10.1. The normalized spacial score (nSPS) is 13.1. The van der Waals surface area contributed by atoms with Crippen LogP contribution in [0.5, 0.6) is 0 Å². The number of nitrogens with zero attached hydrogens (tertiary/aromatic N) is 1. The molecular formula is C11H25N3O. The number of nitrogens with one attached hydrogen (secondary N) is 1. The maximum absolute atomic E-state index is 7.33. The van der Waals surface area contributed by atoms with Gasteiger partial charge in [-0.05, 0) is 19.9 Å². The Morgan fingerprint density at radius 3 is 2.47 bits per heavy atom. The molecule has 0 amide bonds. The van der Waals surface area contributed by atoms with Gasteiger partial charge in [-0.3, -0.25) is 10.3 Å². The molecule has 0 aromatic rings. The number of hydrogen-bond acceptors (Lipinski definition) is 3. The second-order valence-corrected chi connectivity index (χ2v) is 3.62. The van der Waals surface area contributed by atoms with E-state index < -0.39 is 0 Å². The molecule has 0 radical (unpaired) electrons. The van der Waals surface area contributed by atoms with E-state index in [1.54, 1.807) is 0 Å². The number of ether oxygens (including phenoxy) is 1. The van der Waals surface area contributed by atoms with Gasteiger partial charge < -0.3 is 10.5 Å². The fourth-order valence-corrected chi connectivity index (χ4v) is 1.71. The van der Waals surface area contributed by atoms with Crippen LogP contribution in [0.2, 0.25) is 0 Å². The van der Waals surface area contributed by atoms with Crippen LogP contribution in [-0.2, 0) is 4.74 Å². The van der Waals surface area contributed by atoms with Gasteiger partial charge >= 0.3 is 0 Å². The van der Waals surface area contributed by atoms with E-state index in [0.29, 0.717) is 12.5 Å². The summed E-state index contributed by atoms with van der Waals surface area (Å²) in [5.74, 6) is 0.275. The lowest BCUT2D eigenvalue weighted by molar-refractivity contribution is 0.0967. The first-order chi connectivity index (χ1) is 7.15. The molecule has 0 fully saturated rings. The van der Waals surface area contributed by atoms with Gasteiger partial charge in [0.05, 0.1) is 12.4 Å². The molecular weight excluding hydrogens is 190 g/mol. The third-order valence-corrected chi connectivity index (χ3v) is 2.58. The van der Waals surface area contributed by atoms with Crippen LogP contribution in [0.4, 0.5) is 0 Å². The average Bonchev–Trinajstić information content (AvgIpc) is 2.21. The molecule has 0 saturated carbocycles. The van der Waals surface area contributed by atoms with Gasteiger partial charge in [-0.1, -0.05) is 13.8 Å². The first kappa shape index (κ1) is 14.4. The Bertz CT molecular complexity index is 173. The van der Waals surface area contributed by atoms with Crippen molar-refractivity contribution in [1.29, 1.82) is 5.41 Å². The molecule has 0 bridgehead atoms. The minimum Gasteiger partial charge on any atom is -0.388 e. The lowest BCUT2D eigenvalue weighted by Gasteiger charge is -2.29. The number of nitrogens with two attached hydrogens (primary N) is 1. The van der Waals surface area contributed by atoms with Gasteiger partial charge in [0, 0.05) is 25.6 Å². The molecule has 0 aliphatic heterocycles. The van der Waals surface area contributed by atoms with Crippen LogP contribution in [0.25, 0.3) is 0 Å². The molecule has 1 atom stereocenters. The maximum Gasteiger partial charge on any atom is 0.0921 e. The molecule has 1 unspecified atom stereocenters. The van der Waals surface area contributed by atoms with Gasteiger partial charge in [0.15, 0.2) is 0 Å². The van der Waals surface area contributed by atoms with Crippen LogP contribution in [0.3, 0.4) is 0 Å². The second kappa shape index (κ2) is 8.68. The topological polar surface area (TPSA) is 62.3 Å². The first-order valence-corrected chi connectivity index (χ1v) is 5.80. The van der Waals surface area contributed by atoms with Gasteiger partial charge in [0.25, 0.3) is 0 Å². The van der Waals surface area contributed by atoms with Crippen molar-refractivity contribution in [1.82, 2.24) is 4.90 Å². The minimum atomic E-state index is 0.275. The van der Waals surface area contributed by atoms with Crippen molar-refractivity contribution in [2.75, 3.05) is 26.3 Å². The largest absolute Gasteiger partial charge is 0.388 e. The number of rotatable bonds is 9. The van der Waals surface area contributed by atoms with Crippen LogP contribution in [-0.4, -0.2) is 43.1 Å². The molecule has 0 spiro atoms. The molecule has 15 heavy (non-hydrogen) atoms. The monoisotopic (exact) mass is 215 g/mol. The van der Waals surface area contributed by atoms with E-state index in [1.807, 2.05) is 6.92 Å². The van der Waals surface area contributed by atoms with E-state index in [-0.39, 0.29) is 5.84 Å². The Balaban J connectivity index is 4.02. The van der Waals surface area contributed by atoms with Gasteiger partial charge in [-0.15, -0.1) is 0 Å². The summed E-state index contributed by atoms with van der Waals surface area (Å²) in [5, 5.41) is 7.33. The zero-order valence-electron chi connectivity index (χ0n) is 10.3. The van der Waals surface area contributed by atoms with Crippen LogP contribution in [0.1, 0.15) is 33.6 Å². The van der Waals surface area contributed by atoms with E-state index in [0.717, 1.165) is 32.7 Å². The molecule has 4 nitrogen and oxygen atoms in total. The molecule has 0 aromatic heterocycles. The SMILES string of the molecule is CCOCCN(CC)C(CC)CC(=N)N. The number of likely N-dealkylation sites (N-methyl/N-ethyl adjacent to an activating group) is 1.